The van der Waals surface area contributed by atoms with Crippen LogP contribution in [0.1, 0.15) is 32.1 Å². The van der Waals surface area contributed by atoms with Gasteiger partial charge in [-0.25, -0.2) is 4.98 Å². The van der Waals surface area contributed by atoms with Crippen LogP contribution in [0.4, 0.5) is 5.69 Å². The van der Waals surface area contributed by atoms with Crippen LogP contribution in [0.2, 0.25) is 0 Å². The predicted octanol–water partition coefficient (Wildman–Crippen LogP) is 5.42. The Morgan fingerprint density at radius 1 is 1.06 bits per heavy atom. The first-order valence-electron chi connectivity index (χ1n) is 12.3. The predicted molar refractivity (Wildman–Crippen MR) is 139 cm³/mol. The molecule has 1 fully saturated rings. The van der Waals surface area contributed by atoms with Gasteiger partial charge in [-0.1, -0.05) is 31.0 Å². The summed E-state index contributed by atoms with van der Waals surface area (Å²) in [7, 11) is 6.02. The second-order valence-corrected chi connectivity index (χ2v) is 9.50. The molecule has 1 aliphatic carbocycles. The Hall–Kier alpha value is -2.63. The Balaban J connectivity index is 1.37. The number of ether oxygens (including phenoxy) is 1. The third-order valence-corrected chi connectivity index (χ3v) is 6.44. The maximum Gasteiger partial charge on any atom is 0.118 e. The molecule has 1 saturated carbocycles. The van der Waals surface area contributed by atoms with Crippen LogP contribution in [0.5, 0.6) is 5.75 Å². The number of nitrogens with zero attached hydrogens (tertiary/aromatic N) is 2. The molecule has 1 heterocycles. The number of aromatic nitrogens is 1. The van der Waals surface area contributed by atoms with Crippen LogP contribution in [-0.4, -0.2) is 56.8 Å². The number of para-hydroxylation sites is 1. The lowest BCUT2D eigenvalue weighted by molar-refractivity contribution is 0.342. The minimum absolute atomic E-state index is 0.642. The van der Waals surface area contributed by atoms with E-state index < -0.39 is 0 Å². The van der Waals surface area contributed by atoms with Crippen LogP contribution >= 0.6 is 0 Å². The van der Waals surface area contributed by atoms with E-state index in [9.17, 15) is 0 Å². The Labute approximate surface area is 198 Å². The monoisotopic (exact) mass is 446 g/mol. The Kier molecular flexibility index (Phi) is 8.19. The smallest absolute Gasteiger partial charge is 0.118 e. The minimum Gasteiger partial charge on any atom is -0.497 e. The number of anilines is 1. The van der Waals surface area contributed by atoms with Gasteiger partial charge in [0.25, 0.3) is 0 Å². The summed E-state index contributed by atoms with van der Waals surface area (Å²) in [5.74, 6) is 1.82. The molecule has 0 radical (unpaired) electrons. The maximum atomic E-state index is 5.30. The highest BCUT2D eigenvalue weighted by atomic mass is 16.5. The van der Waals surface area contributed by atoms with Crippen molar-refractivity contribution in [3.63, 3.8) is 0 Å². The van der Waals surface area contributed by atoms with E-state index in [0.29, 0.717) is 6.04 Å². The first-order chi connectivity index (χ1) is 16.1. The first kappa shape index (κ1) is 23.5. The van der Waals surface area contributed by atoms with E-state index in [4.69, 9.17) is 9.72 Å². The molecule has 3 aromatic rings. The number of fused-ring (bicyclic) bond motifs is 1. The molecule has 2 aromatic carbocycles. The molecule has 0 bridgehead atoms. The van der Waals surface area contributed by atoms with E-state index in [1.165, 1.54) is 31.1 Å². The van der Waals surface area contributed by atoms with Crippen LogP contribution in [0, 0.1) is 5.92 Å². The largest absolute Gasteiger partial charge is 0.497 e. The third-order valence-electron chi connectivity index (χ3n) is 6.44. The van der Waals surface area contributed by atoms with Crippen molar-refractivity contribution < 1.29 is 4.74 Å². The molecule has 0 amide bonds. The number of benzene rings is 2. The number of nitrogens with one attached hydrogen (secondary N) is 2. The third kappa shape index (κ3) is 6.92. The van der Waals surface area contributed by atoms with Gasteiger partial charge < -0.3 is 20.3 Å². The molecule has 1 aliphatic rings. The summed E-state index contributed by atoms with van der Waals surface area (Å²) in [4.78, 5) is 7.19. The van der Waals surface area contributed by atoms with Gasteiger partial charge in [-0.15, -0.1) is 0 Å². The second kappa shape index (κ2) is 11.5. The summed E-state index contributed by atoms with van der Waals surface area (Å²) in [5, 5.41) is 8.68. The summed E-state index contributed by atoms with van der Waals surface area (Å²) in [6, 6.07) is 19.3. The van der Waals surface area contributed by atoms with Crippen LogP contribution in [-0.2, 0) is 0 Å². The SMILES string of the molecule is COc1ccc(-c2cc(NCCCNC(CCN(C)C)CC3CC3)c3ccccc3n2)cc1. The van der Waals surface area contributed by atoms with Crippen molar-refractivity contribution in [3.05, 3.63) is 54.6 Å². The highest BCUT2D eigenvalue weighted by Gasteiger charge is 2.25. The fourth-order valence-electron chi connectivity index (χ4n) is 4.32. The van der Waals surface area contributed by atoms with Crippen molar-refractivity contribution >= 4 is 16.6 Å². The van der Waals surface area contributed by atoms with E-state index in [1.54, 1.807) is 7.11 Å². The zero-order valence-corrected chi connectivity index (χ0v) is 20.3. The summed E-state index contributed by atoms with van der Waals surface area (Å²) in [6.45, 7) is 3.14. The van der Waals surface area contributed by atoms with Crippen molar-refractivity contribution in [2.24, 2.45) is 5.92 Å². The molecule has 4 rings (SSSR count). The van der Waals surface area contributed by atoms with E-state index in [2.05, 4.69) is 72.1 Å². The Bertz CT molecular complexity index is 1010. The van der Waals surface area contributed by atoms with Gasteiger partial charge in [-0.3, -0.25) is 0 Å². The van der Waals surface area contributed by atoms with E-state index in [-0.39, 0.29) is 0 Å². The topological polar surface area (TPSA) is 49.4 Å². The van der Waals surface area contributed by atoms with Gasteiger partial charge in [0, 0.05) is 29.2 Å². The second-order valence-electron chi connectivity index (χ2n) is 9.50. The number of rotatable bonds is 13. The number of methoxy groups -OCH3 is 1. The van der Waals surface area contributed by atoms with Gasteiger partial charge in [0.1, 0.15) is 5.75 Å². The van der Waals surface area contributed by atoms with Gasteiger partial charge in [-0.05, 0) is 88.8 Å². The molecular weight excluding hydrogens is 408 g/mol. The van der Waals surface area contributed by atoms with Crippen molar-refractivity contribution in [2.45, 2.75) is 38.1 Å². The zero-order valence-electron chi connectivity index (χ0n) is 20.3. The number of hydrogen-bond donors (Lipinski definition) is 2. The van der Waals surface area contributed by atoms with Crippen molar-refractivity contribution in [3.8, 4) is 17.0 Å². The first-order valence-corrected chi connectivity index (χ1v) is 12.3. The molecule has 2 N–H and O–H groups in total. The molecule has 1 aromatic heterocycles. The summed E-state index contributed by atoms with van der Waals surface area (Å²) in [6.07, 6.45) is 6.51. The normalized spacial score (nSPS) is 14.5. The minimum atomic E-state index is 0.642. The number of pyridine rings is 1. The van der Waals surface area contributed by atoms with Crippen LogP contribution in [0.25, 0.3) is 22.2 Å². The van der Waals surface area contributed by atoms with Gasteiger partial charge in [-0.2, -0.15) is 0 Å². The highest BCUT2D eigenvalue weighted by molar-refractivity contribution is 5.93. The molecular formula is C28H38N4O. The fraction of sp³-hybridized carbons (Fsp3) is 0.464. The Morgan fingerprint density at radius 2 is 1.85 bits per heavy atom. The van der Waals surface area contributed by atoms with Crippen molar-refractivity contribution in [1.29, 1.82) is 0 Å². The van der Waals surface area contributed by atoms with Crippen LogP contribution in [0.15, 0.2) is 54.6 Å². The molecule has 5 nitrogen and oxygen atoms in total. The summed E-state index contributed by atoms with van der Waals surface area (Å²) >= 11 is 0. The molecule has 1 unspecified atom stereocenters. The van der Waals surface area contributed by atoms with E-state index >= 15 is 0 Å². The molecule has 0 aliphatic heterocycles. The average Bonchev–Trinajstić information content (AvgIpc) is 3.66. The van der Waals surface area contributed by atoms with Gasteiger partial charge in [0.05, 0.1) is 18.3 Å². The van der Waals surface area contributed by atoms with E-state index in [0.717, 1.165) is 60.2 Å². The zero-order chi connectivity index (χ0) is 23.0. The average molecular weight is 447 g/mol. The van der Waals surface area contributed by atoms with Gasteiger partial charge >= 0.3 is 0 Å². The van der Waals surface area contributed by atoms with Gasteiger partial charge in [0.2, 0.25) is 0 Å². The molecule has 5 heteroatoms. The molecule has 176 valence electrons. The Morgan fingerprint density at radius 3 is 2.58 bits per heavy atom. The van der Waals surface area contributed by atoms with Crippen molar-refractivity contribution in [2.75, 3.05) is 46.2 Å². The highest BCUT2D eigenvalue weighted by Crippen LogP contribution is 2.34. The molecule has 1 atom stereocenters. The van der Waals surface area contributed by atoms with Gasteiger partial charge in [0.15, 0.2) is 0 Å². The quantitative estimate of drug-likeness (QED) is 0.343. The summed E-state index contributed by atoms with van der Waals surface area (Å²) in [5.41, 5.74) is 4.23. The fourth-order valence-corrected chi connectivity index (χ4v) is 4.32. The maximum absolute atomic E-state index is 5.30. The lowest BCUT2D eigenvalue weighted by Gasteiger charge is -2.21. The summed E-state index contributed by atoms with van der Waals surface area (Å²) < 4.78 is 5.30. The van der Waals surface area contributed by atoms with E-state index in [1.807, 2.05) is 12.1 Å². The molecule has 0 saturated heterocycles. The molecule has 0 spiro atoms. The molecule has 33 heavy (non-hydrogen) atoms. The number of hydrogen-bond acceptors (Lipinski definition) is 5. The lowest BCUT2D eigenvalue weighted by atomic mass is 10.1. The standard InChI is InChI=1S/C28H38N4O/c1-32(2)18-15-23(19-21-9-10-21)29-16-6-17-30-28-20-27(22-11-13-24(33-3)14-12-22)31-26-8-5-4-7-25(26)28/h4-5,7-8,11-14,20-21,23,29H,6,9-10,15-19H2,1-3H3,(H,30,31). The lowest BCUT2D eigenvalue weighted by Crippen LogP contribution is -2.34. The van der Waals surface area contributed by atoms with Crippen LogP contribution < -0.4 is 15.4 Å². The van der Waals surface area contributed by atoms with Crippen LogP contribution in [0.3, 0.4) is 0 Å². The van der Waals surface area contributed by atoms with Crippen molar-refractivity contribution in [1.82, 2.24) is 15.2 Å².